The summed E-state index contributed by atoms with van der Waals surface area (Å²) in [4.78, 5) is 71.8. The van der Waals surface area contributed by atoms with E-state index < -0.39 is 79.1 Å². The summed E-state index contributed by atoms with van der Waals surface area (Å²) in [5.74, 6) is -6.92. The average Bonchev–Trinajstić information content (AvgIpc) is 2.85. The number of carbonyl (C=O) groups is 6. The highest BCUT2D eigenvalue weighted by Crippen LogP contribution is 2.07. The molecule has 38 heavy (non-hydrogen) atoms. The zero-order chi connectivity index (χ0) is 28.7. The molecule has 3 amide bonds. The van der Waals surface area contributed by atoms with Crippen molar-refractivity contribution in [1.29, 1.82) is 0 Å². The summed E-state index contributed by atoms with van der Waals surface area (Å²) in [5, 5.41) is 34.0. The Bertz CT molecular complexity index is 973. The van der Waals surface area contributed by atoms with E-state index in [2.05, 4.69) is 10.6 Å². The second kappa shape index (κ2) is 16.7. The number of hydrogen-bond donors (Lipinski definition) is 8. The predicted molar refractivity (Wildman–Crippen MR) is 134 cm³/mol. The molecule has 0 saturated heterocycles. The van der Waals surface area contributed by atoms with Crippen LogP contribution < -0.4 is 27.4 Å². The summed E-state index contributed by atoms with van der Waals surface area (Å²) < 4.78 is 0. The van der Waals surface area contributed by atoms with Crippen molar-refractivity contribution in [2.75, 3.05) is 6.54 Å². The molecule has 0 heterocycles. The summed E-state index contributed by atoms with van der Waals surface area (Å²) >= 11 is 0. The Morgan fingerprint density at radius 3 is 1.82 bits per heavy atom. The Balaban J connectivity index is 3.01. The van der Waals surface area contributed by atoms with E-state index in [1.165, 1.54) is 0 Å². The van der Waals surface area contributed by atoms with Crippen LogP contribution in [0.4, 0.5) is 0 Å². The molecule has 0 saturated carbocycles. The van der Waals surface area contributed by atoms with Crippen LogP contribution in [-0.2, 0) is 35.2 Å². The third-order valence-corrected chi connectivity index (χ3v) is 5.49. The van der Waals surface area contributed by atoms with Gasteiger partial charge < -0.3 is 42.7 Å². The standard InChI is InChI=1S/C24H35N5O9/c25-11-5-4-8-16(27-21(34)15(26)12-14-6-2-1-3-7-14)22(35)28-17(9-10-19(30)31)23(36)29-18(24(37)38)13-20(32)33/h1-3,6-7,15-18H,4-5,8-13,25-26H2,(H,27,34)(H,28,35)(H,29,36)(H,30,31)(H,32,33)(H,37,38). The van der Waals surface area contributed by atoms with Gasteiger partial charge in [-0.05, 0) is 44.2 Å². The van der Waals surface area contributed by atoms with Gasteiger partial charge in [-0.1, -0.05) is 30.3 Å². The monoisotopic (exact) mass is 537 g/mol. The summed E-state index contributed by atoms with van der Waals surface area (Å²) in [7, 11) is 0. The van der Waals surface area contributed by atoms with Crippen LogP contribution in [0.3, 0.4) is 0 Å². The first-order valence-corrected chi connectivity index (χ1v) is 12.0. The highest BCUT2D eigenvalue weighted by Gasteiger charge is 2.31. The molecule has 4 unspecified atom stereocenters. The number of benzene rings is 1. The van der Waals surface area contributed by atoms with Crippen LogP contribution in [-0.4, -0.2) is 81.7 Å². The number of rotatable bonds is 18. The van der Waals surface area contributed by atoms with E-state index in [1.807, 2.05) is 11.4 Å². The smallest absolute Gasteiger partial charge is 0.326 e. The molecule has 0 radical (unpaired) electrons. The molecule has 210 valence electrons. The van der Waals surface area contributed by atoms with E-state index in [9.17, 15) is 33.9 Å². The molecule has 0 aliphatic carbocycles. The Hall–Kier alpha value is -4.04. The van der Waals surface area contributed by atoms with Gasteiger partial charge in [0.05, 0.1) is 12.5 Å². The van der Waals surface area contributed by atoms with Crippen LogP contribution in [0.2, 0.25) is 0 Å². The molecule has 0 aromatic heterocycles. The maximum absolute atomic E-state index is 13.1. The molecular formula is C24H35N5O9. The van der Waals surface area contributed by atoms with Crippen molar-refractivity contribution in [2.45, 2.75) is 69.1 Å². The molecule has 14 heteroatoms. The maximum Gasteiger partial charge on any atom is 0.326 e. The van der Waals surface area contributed by atoms with Crippen molar-refractivity contribution in [3.05, 3.63) is 35.9 Å². The van der Waals surface area contributed by atoms with Gasteiger partial charge >= 0.3 is 17.9 Å². The first-order chi connectivity index (χ1) is 17.9. The lowest BCUT2D eigenvalue weighted by atomic mass is 10.0. The molecule has 0 fully saturated rings. The Morgan fingerprint density at radius 1 is 0.737 bits per heavy atom. The summed E-state index contributed by atoms with van der Waals surface area (Å²) in [6, 6.07) is 3.52. The Morgan fingerprint density at radius 2 is 1.29 bits per heavy atom. The topological polar surface area (TPSA) is 251 Å². The molecule has 14 nitrogen and oxygen atoms in total. The van der Waals surface area contributed by atoms with Crippen molar-refractivity contribution in [2.24, 2.45) is 11.5 Å². The van der Waals surface area contributed by atoms with E-state index >= 15 is 0 Å². The van der Waals surface area contributed by atoms with Gasteiger partial charge in [0, 0.05) is 6.42 Å². The number of nitrogens with one attached hydrogen (secondary N) is 3. The third kappa shape index (κ3) is 12.3. The minimum Gasteiger partial charge on any atom is -0.481 e. The van der Waals surface area contributed by atoms with Gasteiger partial charge in [-0.3, -0.25) is 24.0 Å². The molecule has 4 atom stereocenters. The number of carboxylic acid groups (broad SMARTS) is 3. The van der Waals surface area contributed by atoms with Crippen LogP contribution in [0.25, 0.3) is 0 Å². The highest BCUT2D eigenvalue weighted by atomic mass is 16.4. The fourth-order valence-corrected chi connectivity index (χ4v) is 3.46. The number of unbranched alkanes of at least 4 members (excludes halogenated alkanes) is 1. The van der Waals surface area contributed by atoms with E-state index in [0.29, 0.717) is 19.4 Å². The summed E-state index contributed by atoms with van der Waals surface area (Å²) in [6.45, 7) is 0.333. The van der Waals surface area contributed by atoms with Gasteiger partial charge in [0.2, 0.25) is 17.7 Å². The highest BCUT2D eigenvalue weighted by molar-refractivity contribution is 5.94. The molecule has 0 aliphatic rings. The van der Waals surface area contributed by atoms with Crippen molar-refractivity contribution >= 4 is 35.6 Å². The van der Waals surface area contributed by atoms with E-state index in [1.54, 1.807) is 24.3 Å². The molecule has 0 spiro atoms. The van der Waals surface area contributed by atoms with Gasteiger partial charge in [0.25, 0.3) is 0 Å². The lowest BCUT2D eigenvalue weighted by molar-refractivity contribution is -0.147. The van der Waals surface area contributed by atoms with Gasteiger partial charge in [-0.2, -0.15) is 0 Å². The molecule has 1 rings (SSSR count). The predicted octanol–water partition coefficient (Wildman–Crippen LogP) is -1.44. The van der Waals surface area contributed by atoms with Crippen LogP contribution in [0.1, 0.15) is 44.1 Å². The maximum atomic E-state index is 13.1. The second-order valence-corrected chi connectivity index (χ2v) is 8.63. The van der Waals surface area contributed by atoms with Crippen LogP contribution in [0.15, 0.2) is 30.3 Å². The number of nitrogens with two attached hydrogens (primary N) is 2. The lowest BCUT2D eigenvalue weighted by Gasteiger charge is -2.25. The normalized spacial score (nSPS) is 13.8. The molecule has 1 aromatic rings. The van der Waals surface area contributed by atoms with Gasteiger partial charge in [-0.15, -0.1) is 0 Å². The molecule has 10 N–H and O–H groups in total. The Kier molecular flexibility index (Phi) is 14.0. The minimum absolute atomic E-state index is 0.136. The lowest BCUT2D eigenvalue weighted by Crippen LogP contribution is -2.57. The van der Waals surface area contributed by atoms with Crippen LogP contribution >= 0.6 is 0 Å². The fourth-order valence-electron chi connectivity index (χ4n) is 3.46. The SMILES string of the molecule is NCCCCC(NC(=O)C(N)Cc1ccccc1)C(=O)NC(CCC(=O)O)C(=O)NC(CC(=O)O)C(=O)O. The number of carbonyl (C=O) groups excluding carboxylic acids is 3. The Labute approximate surface area is 219 Å². The third-order valence-electron chi connectivity index (χ3n) is 5.49. The number of hydrogen-bond acceptors (Lipinski definition) is 8. The first-order valence-electron chi connectivity index (χ1n) is 12.0. The molecular weight excluding hydrogens is 502 g/mol. The van der Waals surface area contributed by atoms with Crippen molar-refractivity contribution in [1.82, 2.24) is 16.0 Å². The second-order valence-electron chi connectivity index (χ2n) is 8.63. The average molecular weight is 538 g/mol. The number of carboxylic acids is 3. The number of amides is 3. The van der Waals surface area contributed by atoms with Crippen LogP contribution in [0.5, 0.6) is 0 Å². The van der Waals surface area contributed by atoms with E-state index in [-0.39, 0.29) is 12.8 Å². The van der Waals surface area contributed by atoms with Crippen molar-refractivity contribution in [3.63, 3.8) is 0 Å². The fraction of sp³-hybridized carbons (Fsp3) is 0.500. The van der Waals surface area contributed by atoms with Gasteiger partial charge in [-0.25, -0.2) is 4.79 Å². The molecule has 0 bridgehead atoms. The minimum atomic E-state index is -1.81. The van der Waals surface area contributed by atoms with Gasteiger partial charge in [0.15, 0.2) is 0 Å². The van der Waals surface area contributed by atoms with Gasteiger partial charge in [0.1, 0.15) is 18.1 Å². The first kappa shape index (κ1) is 32.0. The summed E-state index contributed by atoms with van der Waals surface area (Å²) in [5.41, 5.74) is 12.3. The van der Waals surface area contributed by atoms with Crippen LogP contribution in [0, 0.1) is 0 Å². The zero-order valence-electron chi connectivity index (χ0n) is 20.8. The summed E-state index contributed by atoms with van der Waals surface area (Å²) in [6.07, 6.45) is -0.588. The largest absolute Gasteiger partial charge is 0.481 e. The number of aliphatic carboxylic acids is 3. The van der Waals surface area contributed by atoms with E-state index in [4.69, 9.17) is 21.7 Å². The molecule has 0 aliphatic heterocycles. The van der Waals surface area contributed by atoms with E-state index in [0.717, 1.165) is 5.56 Å². The molecule has 1 aromatic carbocycles. The quantitative estimate of drug-likeness (QED) is 0.101. The van der Waals surface area contributed by atoms with Crippen molar-refractivity contribution in [3.8, 4) is 0 Å². The zero-order valence-corrected chi connectivity index (χ0v) is 20.8. The van der Waals surface area contributed by atoms with Crippen molar-refractivity contribution < 1.29 is 44.1 Å².